The molecule has 3 fully saturated rings. The summed E-state index contributed by atoms with van der Waals surface area (Å²) in [5.74, 6) is 1.64. The Morgan fingerprint density at radius 3 is 2.60 bits per heavy atom. The van der Waals surface area contributed by atoms with Crippen molar-refractivity contribution in [1.82, 2.24) is 10.6 Å². The van der Waals surface area contributed by atoms with Crippen molar-refractivity contribution in [2.45, 2.75) is 38.3 Å². The van der Waals surface area contributed by atoms with E-state index >= 15 is 0 Å². The lowest BCUT2D eigenvalue weighted by molar-refractivity contribution is 0.0217. The van der Waals surface area contributed by atoms with Gasteiger partial charge in [-0.15, -0.1) is 34.0 Å². The smallest absolute Gasteiger partial charge is 0.0719 e. The summed E-state index contributed by atoms with van der Waals surface area (Å²) in [6.07, 6.45) is 5.28. The Labute approximate surface area is 143 Å². The van der Waals surface area contributed by atoms with E-state index in [-0.39, 0.29) is 39.6 Å². The maximum atomic E-state index is 3.79. The van der Waals surface area contributed by atoms with E-state index in [2.05, 4.69) is 47.9 Å². The first-order chi connectivity index (χ1) is 8.82. The Kier molecular flexibility index (Phi) is 7.19. The minimum absolute atomic E-state index is 0. The van der Waals surface area contributed by atoms with E-state index in [4.69, 9.17) is 0 Å². The van der Waals surface area contributed by atoms with E-state index in [1.807, 2.05) is 0 Å². The van der Waals surface area contributed by atoms with Gasteiger partial charge in [-0.25, -0.2) is 0 Å². The van der Waals surface area contributed by atoms with Gasteiger partial charge in [0.05, 0.1) is 5.66 Å². The molecule has 4 rings (SSSR count). The molecule has 2 nitrogen and oxygen atoms in total. The third-order valence-corrected chi connectivity index (χ3v) is 4.79. The fraction of sp³-hybridized carbons (Fsp3) is 0.625. The fourth-order valence-electron chi connectivity index (χ4n) is 3.87. The summed E-state index contributed by atoms with van der Waals surface area (Å²) in [4.78, 5) is 0. The van der Waals surface area contributed by atoms with Gasteiger partial charge in [0.1, 0.15) is 0 Å². The minimum atomic E-state index is 0. The zero-order valence-corrected chi connectivity index (χ0v) is 15.5. The Morgan fingerprint density at radius 2 is 2.00 bits per heavy atom. The summed E-state index contributed by atoms with van der Waals surface area (Å²) in [6, 6.07) is 11.0. The molecule has 2 N–H and O–H groups in total. The lowest BCUT2D eigenvalue weighted by Gasteiger charge is -2.53. The van der Waals surface area contributed by atoms with E-state index in [0.29, 0.717) is 0 Å². The van der Waals surface area contributed by atoms with Gasteiger partial charge < -0.3 is 0 Å². The largest absolute Gasteiger partial charge is 0.299 e. The molecule has 1 aromatic rings. The van der Waals surface area contributed by atoms with Crippen molar-refractivity contribution in [3.63, 3.8) is 0 Å². The van der Waals surface area contributed by atoms with Crippen molar-refractivity contribution in [3.05, 3.63) is 35.9 Å². The van der Waals surface area contributed by atoms with Crippen molar-refractivity contribution in [1.29, 1.82) is 0 Å². The first-order valence-corrected chi connectivity index (χ1v) is 7.36. The lowest BCUT2D eigenvalue weighted by Crippen LogP contribution is -2.69. The highest BCUT2D eigenvalue weighted by molar-refractivity contribution is 8.93. The molecule has 3 aliphatic rings. The number of halogens is 2. The number of piperidine rings is 2. The Morgan fingerprint density at radius 1 is 1.25 bits per heavy atom. The number of hydrogen-bond donors (Lipinski definition) is 2. The molecule has 114 valence electrons. The summed E-state index contributed by atoms with van der Waals surface area (Å²) in [5.41, 5.74) is 1.69. The van der Waals surface area contributed by atoms with Gasteiger partial charge in [0, 0.05) is 0 Å². The molecule has 3 atom stereocenters. The molecule has 2 saturated heterocycles. The average Bonchev–Trinajstić information content (AvgIpc) is 2.42. The molecular formula is C16H26Br2N2. The van der Waals surface area contributed by atoms with Gasteiger partial charge in [-0.1, -0.05) is 37.3 Å². The Hall–Kier alpha value is 0.1000. The standard InChI is InChI=1S/C16H24N2.2BrH/c1-2-17-16-9-8-14(12-18-16)11-15(16)10-13-6-4-3-5-7-13;;/h3-7,14-15,17-18H,2,8-12H2,1H3;2*1H. The molecule has 20 heavy (non-hydrogen) atoms. The van der Waals surface area contributed by atoms with Crippen LogP contribution in [0.3, 0.4) is 0 Å². The molecule has 3 unspecified atom stereocenters. The molecule has 0 spiro atoms. The van der Waals surface area contributed by atoms with Crippen LogP contribution in [0.25, 0.3) is 0 Å². The molecule has 0 aromatic heterocycles. The van der Waals surface area contributed by atoms with E-state index in [0.717, 1.165) is 18.4 Å². The quantitative estimate of drug-likeness (QED) is 0.797. The summed E-state index contributed by atoms with van der Waals surface area (Å²) in [7, 11) is 0. The molecule has 1 saturated carbocycles. The molecule has 1 aromatic carbocycles. The third-order valence-electron chi connectivity index (χ3n) is 4.79. The van der Waals surface area contributed by atoms with E-state index in [1.165, 1.54) is 37.8 Å². The van der Waals surface area contributed by atoms with Crippen molar-refractivity contribution >= 4 is 34.0 Å². The zero-order chi connectivity index (χ0) is 12.4. The minimum Gasteiger partial charge on any atom is -0.299 e. The summed E-state index contributed by atoms with van der Waals surface area (Å²) in [5, 5.41) is 7.54. The summed E-state index contributed by atoms with van der Waals surface area (Å²) in [6.45, 7) is 4.48. The second kappa shape index (κ2) is 7.92. The van der Waals surface area contributed by atoms with Crippen LogP contribution in [-0.2, 0) is 6.42 Å². The highest BCUT2D eigenvalue weighted by Crippen LogP contribution is 2.41. The van der Waals surface area contributed by atoms with Crippen LogP contribution in [0.5, 0.6) is 0 Å². The second-order valence-electron chi connectivity index (χ2n) is 5.91. The van der Waals surface area contributed by atoms with Crippen LogP contribution in [0.4, 0.5) is 0 Å². The second-order valence-corrected chi connectivity index (χ2v) is 5.91. The molecule has 0 radical (unpaired) electrons. The van der Waals surface area contributed by atoms with Gasteiger partial charge in [0.25, 0.3) is 0 Å². The molecule has 0 amide bonds. The van der Waals surface area contributed by atoms with Crippen LogP contribution in [0, 0.1) is 11.8 Å². The average molecular weight is 406 g/mol. The molecule has 2 bridgehead atoms. The number of fused-ring (bicyclic) bond motifs is 3. The third kappa shape index (κ3) is 3.65. The lowest BCUT2D eigenvalue weighted by atomic mass is 9.67. The molecule has 2 aliphatic heterocycles. The number of hydrogen-bond acceptors (Lipinski definition) is 2. The molecule has 4 heteroatoms. The Balaban J connectivity index is 0.000001000. The van der Waals surface area contributed by atoms with Crippen molar-refractivity contribution in [2.24, 2.45) is 11.8 Å². The fourth-order valence-corrected chi connectivity index (χ4v) is 3.87. The van der Waals surface area contributed by atoms with Crippen LogP contribution in [-0.4, -0.2) is 18.8 Å². The normalized spacial score (nSPS) is 31.2. The number of benzene rings is 1. The van der Waals surface area contributed by atoms with Gasteiger partial charge in [-0.05, 0) is 56.2 Å². The number of nitrogens with one attached hydrogen (secondary N) is 2. The SMILES string of the molecule is Br.Br.CCNC12CCC(CN1)CC2Cc1ccccc1. The van der Waals surface area contributed by atoms with Crippen LogP contribution >= 0.6 is 34.0 Å². The number of rotatable bonds is 4. The molecule has 1 aliphatic carbocycles. The van der Waals surface area contributed by atoms with Crippen LogP contribution in [0.1, 0.15) is 31.7 Å². The van der Waals surface area contributed by atoms with Gasteiger partial charge in [-0.3, -0.25) is 10.6 Å². The maximum Gasteiger partial charge on any atom is 0.0719 e. The van der Waals surface area contributed by atoms with Gasteiger partial charge >= 0.3 is 0 Å². The van der Waals surface area contributed by atoms with Crippen LogP contribution < -0.4 is 10.6 Å². The van der Waals surface area contributed by atoms with Crippen molar-refractivity contribution in [2.75, 3.05) is 13.1 Å². The Bertz CT molecular complexity index is 383. The summed E-state index contributed by atoms with van der Waals surface area (Å²) >= 11 is 0. The highest BCUT2D eigenvalue weighted by Gasteiger charge is 2.46. The summed E-state index contributed by atoms with van der Waals surface area (Å²) < 4.78 is 0. The molecule has 2 heterocycles. The van der Waals surface area contributed by atoms with Gasteiger partial charge in [0.15, 0.2) is 0 Å². The predicted molar refractivity (Wildman–Crippen MR) is 96.0 cm³/mol. The highest BCUT2D eigenvalue weighted by atomic mass is 79.9. The van der Waals surface area contributed by atoms with E-state index < -0.39 is 0 Å². The topological polar surface area (TPSA) is 24.1 Å². The van der Waals surface area contributed by atoms with Crippen molar-refractivity contribution in [3.8, 4) is 0 Å². The van der Waals surface area contributed by atoms with E-state index in [9.17, 15) is 0 Å². The van der Waals surface area contributed by atoms with Gasteiger partial charge in [0.2, 0.25) is 0 Å². The van der Waals surface area contributed by atoms with Gasteiger partial charge in [-0.2, -0.15) is 0 Å². The predicted octanol–water partition coefficient (Wildman–Crippen LogP) is 3.71. The van der Waals surface area contributed by atoms with Crippen LogP contribution in [0.2, 0.25) is 0 Å². The monoisotopic (exact) mass is 404 g/mol. The van der Waals surface area contributed by atoms with E-state index in [1.54, 1.807) is 0 Å². The maximum absolute atomic E-state index is 3.79. The zero-order valence-electron chi connectivity index (χ0n) is 12.1. The first kappa shape index (κ1) is 18.1. The molecular weight excluding hydrogens is 380 g/mol. The van der Waals surface area contributed by atoms with Crippen LogP contribution in [0.15, 0.2) is 30.3 Å². The first-order valence-electron chi connectivity index (χ1n) is 7.36. The van der Waals surface area contributed by atoms with Crippen molar-refractivity contribution < 1.29 is 0 Å².